The Morgan fingerprint density at radius 1 is 1.03 bits per heavy atom. The lowest BCUT2D eigenvalue weighted by Gasteiger charge is -2.40. The van der Waals surface area contributed by atoms with Crippen LogP contribution in [-0.4, -0.2) is 55.1 Å². The maximum absolute atomic E-state index is 13.6. The Bertz CT molecular complexity index is 844. The molecule has 33 heavy (non-hydrogen) atoms. The number of benzene rings is 2. The molecule has 2 aliphatic rings. The fourth-order valence-electron chi connectivity index (χ4n) is 5.17. The van der Waals surface area contributed by atoms with E-state index in [9.17, 15) is 4.39 Å². The Hall–Kier alpha value is -1.44. The highest BCUT2D eigenvalue weighted by atomic mass is 32.2. The fourth-order valence-corrected chi connectivity index (χ4v) is 5.83. The van der Waals surface area contributed by atoms with E-state index in [-0.39, 0.29) is 5.82 Å². The lowest BCUT2D eigenvalue weighted by atomic mass is 9.82. The smallest absolute Gasteiger partial charge is 0.123 e. The highest BCUT2D eigenvalue weighted by Crippen LogP contribution is 2.34. The summed E-state index contributed by atoms with van der Waals surface area (Å²) >= 11 is 1.69. The second-order valence-corrected chi connectivity index (χ2v) is 10.9. The SMILES string of the molecule is CN(C)SNC1CCN(Cc2ccccc2)C[C@H]1CO[C@H]1CC[C@@H](c2cccc(F)c2)CC1. The first kappa shape index (κ1) is 24.7. The molecule has 1 heterocycles. The Balaban J connectivity index is 1.29. The quantitative estimate of drug-likeness (QED) is 0.489. The predicted octanol–water partition coefficient (Wildman–Crippen LogP) is 5.47. The maximum Gasteiger partial charge on any atom is 0.123 e. The van der Waals surface area contributed by atoms with Gasteiger partial charge in [-0.3, -0.25) is 4.90 Å². The number of piperidine rings is 1. The van der Waals surface area contributed by atoms with Gasteiger partial charge < -0.3 is 4.74 Å². The molecule has 0 aromatic heterocycles. The zero-order chi connectivity index (χ0) is 23.0. The molecule has 0 spiro atoms. The van der Waals surface area contributed by atoms with Crippen LogP contribution in [0.15, 0.2) is 54.6 Å². The molecule has 1 unspecified atom stereocenters. The van der Waals surface area contributed by atoms with Crippen LogP contribution >= 0.6 is 12.1 Å². The van der Waals surface area contributed by atoms with Gasteiger partial charge in [0.1, 0.15) is 5.82 Å². The molecule has 1 aliphatic carbocycles. The number of halogens is 1. The predicted molar refractivity (Wildman–Crippen MR) is 135 cm³/mol. The molecule has 2 aromatic carbocycles. The van der Waals surface area contributed by atoms with Gasteiger partial charge in [0.15, 0.2) is 0 Å². The molecule has 2 aromatic rings. The summed E-state index contributed by atoms with van der Waals surface area (Å²) in [5.74, 6) is 0.802. The average Bonchev–Trinajstić information content (AvgIpc) is 2.83. The first-order valence-corrected chi connectivity index (χ1v) is 13.1. The number of likely N-dealkylation sites (tertiary alicyclic amines) is 1. The molecule has 1 N–H and O–H groups in total. The van der Waals surface area contributed by atoms with E-state index >= 15 is 0 Å². The van der Waals surface area contributed by atoms with Gasteiger partial charge in [-0.15, -0.1) is 0 Å². The van der Waals surface area contributed by atoms with Crippen molar-refractivity contribution in [1.82, 2.24) is 13.9 Å². The largest absolute Gasteiger partial charge is 0.378 e. The molecule has 6 heteroatoms. The van der Waals surface area contributed by atoms with E-state index in [1.54, 1.807) is 18.2 Å². The van der Waals surface area contributed by atoms with Crippen molar-refractivity contribution in [2.75, 3.05) is 33.8 Å². The molecular weight excluding hydrogens is 433 g/mol. The van der Waals surface area contributed by atoms with E-state index in [2.05, 4.69) is 64.4 Å². The van der Waals surface area contributed by atoms with Crippen molar-refractivity contribution in [3.8, 4) is 0 Å². The summed E-state index contributed by atoms with van der Waals surface area (Å²) in [6.07, 6.45) is 5.74. The summed E-state index contributed by atoms with van der Waals surface area (Å²) < 4.78 is 25.9. The molecule has 0 bridgehead atoms. The van der Waals surface area contributed by atoms with Crippen molar-refractivity contribution in [3.63, 3.8) is 0 Å². The standard InChI is InChI=1S/C27H38FN3OS/c1-30(2)33-29-27-15-16-31(18-21-7-4-3-5-8-21)19-24(27)20-32-26-13-11-22(12-14-26)23-9-6-10-25(28)17-23/h3-10,17,22,24,26-27,29H,11-16,18-20H2,1-2H3/t22-,24-,26+,27?/m0/s1. The number of hydrogen-bond donors (Lipinski definition) is 1. The van der Waals surface area contributed by atoms with Gasteiger partial charge in [0.25, 0.3) is 0 Å². The molecule has 1 aliphatic heterocycles. The molecule has 4 rings (SSSR count). The van der Waals surface area contributed by atoms with Gasteiger partial charge in [0.2, 0.25) is 0 Å². The number of nitrogens with one attached hydrogen (secondary N) is 1. The van der Waals surface area contributed by atoms with Crippen LogP contribution in [0.3, 0.4) is 0 Å². The van der Waals surface area contributed by atoms with Crippen molar-refractivity contribution < 1.29 is 9.13 Å². The van der Waals surface area contributed by atoms with Gasteiger partial charge >= 0.3 is 0 Å². The molecule has 1 saturated heterocycles. The average molecular weight is 472 g/mol. The van der Waals surface area contributed by atoms with Crippen LogP contribution in [0.4, 0.5) is 4.39 Å². The van der Waals surface area contributed by atoms with Crippen molar-refractivity contribution in [2.24, 2.45) is 5.92 Å². The summed E-state index contributed by atoms with van der Waals surface area (Å²) in [6.45, 7) is 3.96. The van der Waals surface area contributed by atoms with Crippen LogP contribution < -0.4 is 4.72 Å². The lowest BCUT2D eigenvalue weighted by Crippen LogP contribution is -2.49. The van der Waals surface area contributed by atoms with E-state index in [0.717, 1.165) is 63.9 Å². The van der Waals surface area contributed by atoms with E-state index in [0.29, 0.717) is 24.0 Å². The lowest BCUT2D eigenvalue weighted by molar-refractivity contribution is -0.0177. The van der Waals surface area contributed by atoms with E-state index in [1.807, 2.05) is 6.07 Å². The normalized spacial score (nSPS) is 26.5. The monoisotopic (exact) mass is 471 g/mol. The minimum Gasteiger partial charge on any atom is -0.378 e. The number of rotatable bonds is 9. The molecule has 1 saturated carbocycles. The van der Waals surface area contributed by atoms with Crippen LogP contribution in [0, 0.1) is 11.7 Å². The maximum atomic E-state index is 13.6. The molecule has 180 valence electrons. The Labute approximate surface area is 203 Å². The first-order chi connectivity index (χ1) is 16.1. The summed E-state index contributed by atoms with van der Waals surface area (Å²) in [7, 11) is 4.15. The topological polar surface area (TPSA) is 27.7 Å². The summed E-state index contributed by atoms with van der Waals surface area (Å²) in [4.78, 5) is 2.57. The second kappa shape index (κ2) is 12.3. The Morgan fingerprint density at radius 3 is 2.55 bits per heavy atom. The summed E-state index contributed by atoms with van der Waals surface area (Å²) in [5.41, 5.74) is 2.52. The Kier molecular flexibility index (Phi) is 9.21. The van der Waals surface area contributed by atoms with Crippen molar-refractivity contribution >= 4 is 12.1 Å². The van der Waals surface area contributed by atoms with Crippen LogP contribution in [0.2, 0.25) is 0 Å². The molecule has 2 atom stereocenters. The van der Waals surface area contributed by atoms with Crippen LogP contribution in [0.25, 0.3) is 0 Å². The third-order valence-electron chi connectivity index (χ3n) is 6.99. The summed E-state index contributed by atoms with van der Waals surface area (Å²) in [6, 6.07) is 18.3. The van der Waals surface area contributed by atoms with E-state index < -0.39 is 0 Å². The van der Waals surface area contributed by atoms with Crippen molar-refractivity contribution in [2.45, 2.75) is 56.7 Å². The molecule has 0 radical (unpaired) electrons. The van der Waals surface area contributed by atoms with Gasteiger partial charge in [-0.05, 0) is 75.4 Å². The van der Waals surface area contributed by atoms with Crippen molar-refractivity contribution in [1.29, 1.82) is 0 Å². The van der Waals surface area contributed by atoms with Crippen LogP contribution in [-0.2, 0) is 11.3 Å². The van der Waals surface area contributed by atoms with Crippen LogP contribution in [0.5, 0.6) is 0 Å². The third-order valence-corrected chi connectivity index (χ3v) is 7.77. The minimum atomic E-state index is -0.127. The van der Waals surface area contributed by atoms with Crippen molar-refractivity contribution in [3.05, 3.63) is 71.5 Å². The van der Waals surface area contributed by atoms with Gasteiger partial charge in [-0.2, -0.15) is 0 Å². The van der Waals surface area contributed by atoms with Gasteiger partial charge in [-0.25, -0.2) is 13.4 Å². The van der Waals surface area contributed by atoms with Gasteiger partial charge in [0, 0.05) is 43.7 Å². The minimum absolute atomic E-state index is 0.127. The highest BCUT2D eigenvalue weighted by molar-refractivity contribution is 7.95. The zero-order valence-electron chi connectivity index (χ0n) is 20.0. The molecule has 0 amide bonds. The van der Waals surface area contributed by atoms with Gasteiger partial charge in [0.05, 0.1) is 12.7 Å². The zero-order valence-corrected chi connectivity index (χ0v) is 20.8. The highest BCUT2D eigenvalue weighted by Gasteiger charge is 2.31. The van der Waals surface area contributed by atoms with E-state index in [1.165, 1.54) is 11.6 Å². The Morgan fingerprint density at radius 2 is 1.82 bits per heavy atom. The molecular formula is C27H38FN3OS. The van der Waals surface area contributed by atoms with Crippen LogP contribution in [0.1, 0.15) is 49.1 Å². The number of ether oxygens (including phenoxy) is 1. The number of nitrogens with zero attached hydrogens (tertiary/aromatic N) is 2. The first-order valence-electron chi connectivity index (χ1n) is 12.3. The molecule has 2 fully saturated rings. The second-order valence-electron chi connectivity index (χ2n) is 9.76. The van der Waals surface area contributed by atoms with E-state index in [4.69, 9.17) is 4.74 Å². The summed E-state index contributed by atoms with van der Waals surface area (Å²) in [5, 5.41) is 0. The third kappa shape index (κ3) is 7.52. The fraction of sp³-hybridized carbons (Fsp3) is 0.556. The van der Waals surface area contributed by atoms with Gasteiger partial charge in [-0.1, -0.05) is 42.5 Å². The number of hydrogen-bond acceptors (Lipinski definition) is 5. The molecule has 4 nitrogen and oxygen atoms in total.